The molecule has 0 radical (unpaired) electrons. The van der Waals surface area contributed by atoms with Crippen molar-refractivity contribution in [1.29, 1.82) is 15.8 Å². The first kappa shape index (κ1) is 20.2. The van der Waals surface area contributed by atoms with E-state index in [9.17, 15) is 15.8 Å². The number of anilines is 2. The molecule has 3 aromatic rings. The molecule has 5 rings (SSSR count). The van der Waals surface area contributed by atoms with E-state index in [1.54, 1.807) is 0 Å². The molecule has 0 atom stereocenters. The summed E-state index contributed by atoms with van der Waals surface area (Å²) >= 11 is 0. The number of para-hydroxylation sites is 2. The van der Waals surface area contributed by atoms with Gasteiger partial charge < -0.3 is 9.80 Å². The zero-order valence-corrected chi connectivity index (χ0v) is 18.3. The Morgan fingerprint density at radius 2 is 1.47 bits per heavy atom. The van der Waals surface area contributed by atoms with Crippen LogP contribution in [-0.4, -0.2) is 35.6 Å². The fourth-order valence-corrected chi connectivity index (χ4v) is 5.30. The van der Waals surface area contributed by atoms with Crippen molar-refractivity contribution >= 4 is 28.2 Å². The number of pyridine rings is 1. The molecule has 7 heteroatoms. The summed E-state index contributed by atoms with van der Waals surface area (Å²) in [6.45, 7) is 5.25. The number of fused-ring (bicyclic) bond motifs is 3. The first-order chi connectivity index (χ1) is 15.7. The van der Waals surface area contributed by atoms with Crippen LogP contribution in [-0.2, 0) is 0 Å². The van der Waals surface area contributed by atoms with Crippen LogP contribution in [0.4, 0.5) is 11.5 Å². The molecule has 0 bridgehead atoms. The quantitative estimate of drug-likeness (QED) is 0.614. The van der Waals surface area contributed by atoms with Crippen LogP contribution in [0.2, 0.25) is 0 Å². The van der Waals surface area contributed by atoms with Gasteiger partial charge in [-0.05, 0) is 44.7 Å². The van der Waals surface area contributed by atoms with E-state index in [-0.39, 0.29) is 11.8 Å². The third kappa shape index (κ3) is 3.12. The topological polar surface area (TPSA) is 95.2 Å². The van der Waals surface area contributed by atoms with Crippen molar-refractivity contribution in [3.63, 3.8) is 0 Å². The van der Waals surface area contributed by atoms with Crippen LogP contribution in [0.15, 0.2) is 24.3 Å². The monoisotopic (exact) mass is 423 g/mol. The standard InChI is InChI=1S/C25H25N7/c1-17-23(30-10-6-18(14-26)7-11-30)20(16-28)24-29-21-4-2-3-5-22(21)32(24)25(17)31-12-8-19(15-27)9-13-31/h2-5,18-19H,6-13H2,1H3. The Hall–Kier alpha value is -3.76. The van der Waals surface area contributed by atoms with Gasteiger partial charge in [-0.3, -0.25) is 4.40 Å². The first-order valence-corrected chi connectivity index (χ1v) is 11.3. The van der Waals surface area contributed by atoms with Crippen molar-refractivity contribution in [2.45, 2.75) is 32.6 Å². The SMILES string of the molecule is Cc1c(N2CCC(C#N)CC2)c(C#N)c2nc3ccccc3n2c1N1CCC(C#N)CC1. The summed E-state index contributed by atoms with van der Waals surface area (Å²) in [5.41, 5.74) is 5.18. The lowest BCUT2D eigenvalue weighted by molar-refractivity contribution is 0.481. The zero-order valence-electron chi connectivity index (χ0n) is 18.3. The van der Waals surface area contributed by atoms with E-state index in [0.29, 0.717) is 11.2 Å². The van der Waals surface area contributed by atoms with Gasteiger partial charge in [-0.2, -0.15) is 15.8 Å². The van der Waals surface area contributed by atoms with Gasteiger partial charge in [0.1, 0.15) is 17.5 Å². The Balaban J connectivity index is 1.74. The van der Waals surface area contributed by atoms with Crippen molar-refractivity contribution in [3.05, 3.63) is 35.4 Å². The molecule has 0 N–H and O–H groups in total. The maximum atomic E-state index is 10.2. The third-order valence-corrected chi connectivity index (χ3v) is 7.01. The number of nitrogens with zero attached hydrogens (tertiary/aromatic N) is 7. The van der Waals surface area contributed by atoms with Gasteiger partial charge in [0.25, 0.3) is 0 Å². The Bertz CT molecular complexity index is 1300. The number of nitriles is 3. The number of hydrogen-bond donors (Lipinski definition) is 0. The maximum Gasteiger partial charge on any atom is 0.159 e. The fourth-order valence-electron chi connectivity index (χ4n) is 5.30. The van der Waals surface area contributed by atoms with E-state index in [1.807, 2.05) is 18.2 Å². The molecule has 7 nitrogen and oxygen atoms in total. The van der Waals surface area contributed by atoms with Gasteiger partial charge in [0.15, 0.2) is 5.65 Å². The van der Waals surface area contributed by atoms with Crippen LogP contribution in [0, 0.1) is 52.8 Å². The van der Waals surface area contributed by atoms with Crippen LogP contribution < -0.4 is 9.80 Å². The maximum absolute atomic E-state index is 10.2. The first-order valence-electron chi connectivity index (χ1n) is 11.3. The Morgan fingerprint density at radius 3 is 2.06 bits per heavy atom. The van der Waals surface area contributed by atoms with Crippen molar-refractivity contribution < 1.29 is 0 Å². The second-order valence-electron chi connectivity index (χ2n) is 8.82. The molecule has 2 aromatic heterocycles. The minimum absolute atomic E-state index is 0.0827. The molecule has 2 aliphatic rings. The summed E-state index contributed by atoms with van der Waals surface area (Å²) in [6.07, 6.45) is 3.30. The van der Waals surface area contributed by atoms with Gasteiger partial charge >= 0.3 is 0 Å². The molecule has 2 fully saturated rings. The number of aromatic nitrogens is 2. The normalized spacial score (nSPS) is 17.9. The summed E-state index contributed by atoms with van der Waals surface area (Å²) in [6, 6.07) is 15.3. The highest BCUT2D eigenvalue weighted by molar-refractivity contribution is 5.90. The van der Waals surface area contributed by atoms with Crippen LogP contribution >= 0.6 is 0 Å². The van der Waals surface area contributed by atoms with Gasteiger partial charge in [-0.1, -0.05) is 12.1 Å². The molecule has 0 unspecified atom stereocenters. The molecule has 0 spiro atoms. The second kappa shape index (κ2) is 8.06. The van der Waals surface area contributed by atoms with Gasteiger partial charge in [0.2, 0.25) is 0 Å². The number of benzene rings is 1. The summed E-state index contributed by atoms with van der Waals surface area (Å²) in [5, 5.41) is 28.9. The highest BCUT2D eigenvalue weighted by atomic mass is 15.3. The van der Waals surface area contributed by atoms with E-state index in [1.165, 1.54) is 0 Å². The Labute approximate surface area is 187 Å². The summed E-state index contributed by atoms with van der Waals surface area (Å²) in [7, 11) is 0. The fraction of sp³-hybridized carbons (Fsp3) is 0.440. The lowest BCUT2D eigenvalue weighted by atomic mass is 9.96. The number of hydrogen-bond acceptors (Lipinski definition) is 6. The molecular formula is C25H25N7. The molecular weight excluding hydrogens is 398 g/mol. The van der Waals surface area contributed by atoms with Crippen molar-refractivity contribution in [1.82, 2.24) is 9.38 Å². The minimum atomic E-state index is 0.0827. The van der Waals surface area contributed by atoms with E-state index in [0.717, 1.165) is 80.0 Å². The van der Waals surface area contributed by atoms with E-state index in [2.05, 4.69) is 45.4 Å². The Kier molecular flexibility index (Phi) is 5.08. The van der Waals surface area contributed by atoms with Gasteiger partial charge in [0, 0.05) is 43.6 Å². The average molecular weight is 424 g/mol. The van der Waals surface area contributed by atoms with Crippen molar-refractivity contribution in [2.75, 3.05) is 36.0 Å². The van der Waals surface area contributed by atoms with Gasteiger partial charge in [-0.25, -0.2) is 4.98 Å². The van der Waals surface area contributed by atoms with Crippen LogP contribution in [0.1, 0.15) is 36.8 Å². The lowest BCUT2D eigenvalue weighted by Gasteiger charge is -2.37. The average Bonchev–Trinajstić information content (AvgIpc) is 3.22. The van der Waals surface area contributed by atoms with E-state index < -0.39 is 0 Å². The Morgan fingerprint density at radius 1 is 0.875 bits per heavy atom. The minimum Gasteiger partial charge on any atom is -0.370 e. The molecule has 0 amide bonds. The van der Waals surface area contributed by atoms with E-state index in [4.69, 9.17) is 4.98 Å². The van der Waals surface area contributed by atoms with Crippen LogP contribution in [0.3, 0.4) is 0 Å². The molecule has 4 heterocycles. The number of piperidine rings is 2. The summed E-state index contributed by atoms with van der Waals surface area (Å²) < 4.78 is 2.14. The van der Waals surface area contributed by atoms with E-state index >= 15 is 0 Å². The highest BCUT2D eigenvalue weighted by Crippen LogP contribution is 2.40. The lowest BCUT2D eigenvalue weighted by Crippen LogP contribution is -2.37. The van der Waals surface area contributed by atoms with Gasteiger partial charge in [-0.15, -0.1) is 0 Å². The predicted molar refractivity (Wildman–Crippen MR) is 123 cm³/mol. The smallest absolute Gasteiger partial charge is 0.159 e. The van der Waals surface area contributed by atoms with Crippen molar-refractivity contribution in [2.24, 2.45) is 11.8 Å². The molecule has 0 aliphatic carbocycles. The number of rotatable bonds is 2. The van der Waals surface area contributed by atoms with Crippen molar-refractivity contribution in [3.8, 4) is 18.2 Å². The molecule has 2 aliphatic heterocycles. The molecule has 0 saturated carbocycles. The number of imidazole rings is 1. The summed E-state index contributed by atoms with van der Waals surface area (Å²) in [5.74, 6) is 1.25. The second-order valence-corrected chi connectivity index (χ2v) is 8.82. The van der Waals surface area contributed by atoms with Gasteiger partial charge in [0.05, 0.1) is 28.9 Å². The van der Waals surface area contributed by atoms with Crippen LogP contribution in [0.25, 0.3) is 16.7 Å². The molecule has 32 heavy (non-hydrogen) atoms. The summed E-state index contributed by atoms with van der Waals surface area (Å²) in [4.78, 5) is 9.51. The molecule has 160 valence electrons. The predicted octanol–water partition coefficient (Wildman–Crippen LogP) is 4.15. The van der Waals surface area contributed by atoms with Crippen LogP contribution in [0.5, 0.6) is 0 Å². The zero-order chi connectivity index (χ0) is 22.2. The largest absolute Gasteiger partial charge is 0.370 e. The highest BCUT2D eigenvalue weighted by Gasteiger charge is 2.30. The third-order valence-electron chi connectivity index (χ3n) is 7.01. The molecule has 1 aromatic carbocycles. The molecule has 2 saturated heterocycles.